The van der Waals surface area contributed by atoms with E-state index in [4.69, 9.17) is 0 Å². The van der Waals surface area contributed by atoms with E-state index in [0.717, 1.165) is 12.1 Å². The van der Waals surface area contributed by atoms with Crippen LogP contribution >= 0.6 is 11.8 Å². The second-order valence-corrected chi connectivity index (χ2v) is 5.10. The Labute approximate surface area is 93.1 Å². The second kappa shape index (κ2) is 3.87. The van der Waals surface area contributed by atoms with Crippen LogP contribution in [0.2, 0.25) is 0 Å². The third-order valence-corrected chi connectivity index (χ3v) is 3.51. The highest BCUT2D eigenvalue weighted by Gasteiger charge is 2.30. The number of rotatable bonds is 2. The molecule has 1 unspecified atom stereocenters. The Kier molecular flexibility index (Phi) is 2.71. The van der Waals surface area contributed by atoms with Crippen LogP contribution in [-0.4, -0.2) is 35.8 Å². The van der Waals surface area contributed by atoms with Crippen LogP contribution < -0.4 is 0 Å². The number of nitrogens with zero attached hydrogens (tertiary/aromatic N) is 1. The van der Waals surface area contributed by atoms with Gasteiger partial charge in [0.1, 0.15) is 5.75 Å². The van der Waals surface area contributed by atoms with Gasteiger partial charge in [-0.2, -0.15) is 0 Å². The summed E-state index contributed by atoms with van der Waals surface area (Å²) in [5.41, 5.74) is 1.70. The number of aromatic hydroxyl groups is 1. The highest BCUT2D eigenvalue weighted by atomic mass is 32.2. The molecule has 15 heavy (non-hydrogen) atoms. The summed E-state index contributed by atoms with van der Waals surface area (Å²) in [6.45, 7) is 0.841. The van der Waals surface area contributed by atoms with Crippen LogP contribution in [0.3, 0.4) is 0 Å². The first kappa shape index (κ1) is 10.5. The van der Waals surface area contributed by atoms with Gasteiger partial charge in [0.2, 0.25) is 5.12 Å². The first-order chi connectivity index (χ1) is 7.08. The van der Waals surface area contributed by atoms with Gasteiger partial charge in [-0.3, -0.25) is 4.79 Å². The summed E-state index contributed by atoms with van der Waals surface area (Å²) in [6, 6.07) is 5.04. The molecule has 0 bridgehead atoms. The molecule has 1 aromatic rings. The molecule has 1 aliphatic rings. The van der Waals surface area contributed by atoms with Crippen molar-refractivity contribution in [1.82, 2.24) is 4.90 Å². The predicted molar refractivity (Wildman–Crippen MR) is 61.3 cm³/mol. The molecular formula is C11H13NO2S. The second-order valence-electron chi connectivity index (χ2n) is 3.93. The molecular weight excluding hydrogens is 210 g/mol. The lowest BCUT2D eigenvalue weighted by atomic mass is 10.1. The lowest BCUT2D eigenvalue weighted by Crippen LogP contribution is -2.17. The molecule has 1 aliphatic heterocycles. The third-order valence-electron chi connectivity index (χ3n) is 2.38. The largest absolute Gasteiger partial charge is 0.508 e. The zero-order chi connectivity index (χ0) is 11.0. The van der Waals surface area contributed by atoms with Crippen LogP contribution in [0.15, 0.2) is 18.2 Å². The minimum Gasteiger partial charge on any atom is -0.508 e. The van der Waals surface area contributed by atoms with Crippen molar-refractivity contribution in [3.63, 3.8) is 0 Å². The van der Waals surface area contributed by atoms with E-state index in [1.807, 2.05) is 20.2 Å². The van der Waals surface area contributed by atoms with Crippen molar-refractivity contribution >= 4 is 16.9 Å². The number of thioether (sulfide) groups is 1. The maximum atomic E-state index is 11.6. The van der Waals surface area contributed by atoms with Gasteiger partial charge >= 0.3 is 0 Å². The van der Waals surface area contributed by atoms with Crippen LogP contribution in [0.4, 0.5) is 0 Å². The first-order valence-corrected chi connectivity index (χ1v) is 5.64. The minimum absolute atomic E-state index is 0.0627. The Morgan fingerprint density at radius 3 is 2.87 bits per heavy atom. The van der Waals surface area contributed by atoms with E-state index in [-0.39, 0.29) is 16.1 Å². The molecule has 3 nitrogen and oxygen atoms in total. The molecule has 0 amide bonds. The topological polar surface area (TPSA) is 40.5 Å². The van der Waals surface area contributed by atoms with Crippen molar-refractivity contribution in [3.05, 3.63) is 29.3 Å². The van der Waals surface area contributed by atoms with Gasteiger partial charge in [0, 0.05) is 12.1 Å². The maximum Gasteiger partial charge on any atom is 0.220 e. The van der Waals surface area contributed by atoms with Gasteiger partial charge in [0.15, 0.2) is 0 Å². The molecule has 4 heteroatoms. The fraction of sp³-hybridized carbons (Fsp3) is 0.364. The van der Waals surface area contributed by atoms with Crippen LogP contribution in [-0.2, 0) is 0 Å². The Morgan fingerprint density at radius 1 is 1.47 bits per heavy atom. The quantitative estimate of drug-likeness (QED) is 0.831. The molecule has 0 saturated carbocycles. The average Bonchev–Trinajstić information content (AvgIpc) is 2.42. The zero-order valence-electron chi connectivity index (χ0n) is 8.73. The van der Waals surface area contributed by atoms with Gasteiger partial charge in [0.05, 0.1) is 5.25 Å². The highest BCUT2D eigenvalue weighted by molar-refractivity contribution is 8.14. The molecule has 2 rings (SSSR count). The van der Waals surface area contributed by atoms with Gasteiger partial charge in [-0.1, -0.05) is 17.8 Å². The average molecular weight is 223 g/mol. The van der Waals surface area contributed by atoms with Crippen molar-refractivity contribution in [1.29, 1.82) is 0 Å². The molecule has 1 aromatic carbocycles. The number of hydrogen-bond acceptors (Lipinski definition) is 4. The van der Waals surface area contributed by atoms with Crippen LogP contribution in [0, 0.1) is 0 Å². The summed E-state index contributed by atoms with van der Waals surface area (Å²) < 4.78 is 0. The molecule has 0 radical (unpaired) electrons. The molecule has 0 saturated heterocycles. The Balaban J connectivity index is 2.34. The van der Waals surface area contributed by atoms with E-state index in [0.29, 0.717) is 5.56 Å². The van der Waals surface area contributed by atoms with Gasteiger partial charge in [-0.15, -0.1) is 0 Å². The molecule has 0 aliphatic carbocycles. The van der Waals surface area contributed by atoms with Crippen molar-refractivity contribution in [2.24, 2.45) is 0 Å². The SMILES string of the molecule is CN(C)CC1SC(=O)c2cc(O)ccc21. The molecule has 1 N–H and O–H groups in total. The molecule has 0 fully saturated rings. The molecule has 0 spiro atoms. The van der Waals surface area contributed by atoms with Gasteiger partial charge < -0.3 is 10.0 Å². The van der Waals surface area contributed by atoms with Gasteiger partial charge in [0.25, 0.3) is 0 Å². The van der Waals surface area contributed by atoms with Crippen LogP contribution in [0.5, 0.6) is 5.75 Å². The van der Waals surface area contributed by atoms with Crippen LogP contribution in [0.25, 0.3) is 0 Å². The number of benzene rings is 1. The van der Waals surface area contributed by atoms with Gasteiger partial charge in [-0.25, -0.2) is 0 Å². The number of phenols is 1. The number of carbonyl (C=O) groups is 1. The monoisotopic (exact) mass is 223 g/mol. The van der Waals surface area contributed by atoms with E-state index >= 15 is 0 Å². The fourth-order valence-corrected chi connectivity index (χ4v) is 2.99. The van der Waals surface area contributed by atoms with Crippen molar-refractivity contribution in [2.45, 2.75) is 5.25 Å². The number of phenolic OH excluding ortho intramolecular Hbond substituents is 1. The van der Waals surface area contributed by atoms with Crippen molar-refractivity contribution < 1.29 is 9.90 Å². The van der Waals surface area contributed by atoms with Crippen LogP contribution in [0.1, 0.15) is 21.2 Å². The first-order valence-electron chi connectivity index (χ1n) is 4.76. The van der Waals surface area contributed by atoms with E-state index in [1.165, 1.54) is 11.8 Å². The normalized spacial score (nSPS) is 19.7. The lowest BCUT2D eigenvalue weighted by molar-refractivity contribution is 0.109. The Bertz CT molecular complexity index is 404. The third kappa shape index (κ3) is 2.01. The van der Waals surface area contributed by atoms with E-state index in [1.54, 1.807) is 12.1 Å². The lowest BCUT2D eigenvalue weighted by Gasteiger charge is -2.15. The van der Waals surface area contributed by atoms with E-state index < -0.39 is 0 Å². The fourth-order valence-electron chi connectivity index (χ4n) is 1.73. The highest BCUT2D eigenvalue weighted by Crippen LogP contribution is 2.42. The molecule has 80 valence electrons. The molecule has 1 atom stereocenters. The summed E-state index contributed by atoms with van der Waals surface area (Å²) in [6.07, 6.45) is 0. The maximum absolute atomic E-state index is 11.6. The smallest absolute Gasteiger partial charge is 0.220 e. The number of fused-ring (bicyclic) bond motifs is 1. The summed E-state index contributed by atoms with van der Waals surface area (Å²) in [7, 11) is 3.98. The Morgan fingerprint density at radius 2 is 2.20 bits per heavy atom. The van der Waals surface area contributed by atoms with Gasteiger partial charge in [-0.05, 0) is 31.8 Å². The Hall–Kier alpha value is -1.00. The minimum atomic E-state index is 0.0627. The number of carbonyl (C=O) groups excluding carboxylic acids is 1. The van der Waals surface area contributed by atoms with Crippen molar-refractivity contribution in [3.8, 4) is 5.75 Å². The van der Waals surface area contributed by atoms with E-state index in [9.17, 15) is 9.90 Å². The summed E-state index contributed by atoms with van der Waals surface area (Å²) in [5.74, 6) is 0.160. The standard InChI is InChI=1S/C11H13NO2S/c1-12(2)6-10-8-4-3-7(13)5-9(8)11(14)15-10/h3-5,10,13H,6H2,1-2H3. The number of hydrogen-bond donors (Lipinski definition) is 1. The zero-order valence-corrected chi connectivity index (χ0v) is 9.54. The molecule has 1 heterocycles. The van der Waals surface area contributed by atoms with E-state index in [2.05, 4.69) is 4.90 Å². The summed E-state index contributed by atoms with van der Waals surface area (Å²) in [4.78, 5) is 13.7. The predicted octanol–water partition coefficient (Wildman–Crippen LogP) is 1.88. The summed E-state index contributed by atoms with van der Waals surface area (Å²) >= 11 is 1.34. The molecule has 0 aromatic heterocycles. The number of likely N-dealkylation sites (N-methyl/N-ethyl adjacent to an activating group) is 1. The van der Waals surface area contributed by atoms with Crippen molar-refractivity contribution in [2.75, 3.05) is 20.6 Å². The summed E-state index contributed by atoms with van der Waals surface area (Å²) in [5, 5.41) is 9.57.